The molecule has 1 unspecified atom stereocenters. The zero-order chi connectivity index (χ0) is 20.1. The summed E-state index contributed by atoms with van der Waals surface area (Å²) in [7, 11) is -3.74. The maximum atomic E-state index is 13.0. The number of sulfonamides is 1. The van der Waals surface area contributed by atoms with Gasteiger partial charge in [0.2, 0.25) is 10.0 Å². The van der Waals surface area contributed by atoms with Crippen LogP contribution in [0.4, 0.5) is 0 Å². The number of nitrogens with zero attached hydrogens (tertiary/aromatic N) is 1. The summed E-state index contributed by atoms with van der Waals surface area (Å²) in [6.07, 6.45) is 4.33. The number of amides is 1. The van der Waals surface area contributed by atoms with Crippen molar-refractivity contribution in [2.45, 2.75) is 56.5 Å². The summed E-state index contributed by atoms with van der Waals surface area (Å²) < 4.78 is 28.4. The number of hydrogen-bond donors (Lipinski definition) is 1. The van der Waals surface area contributed by atoms with Gasteiger partial charge in [-0.15, -0.1) is 0 Å². The molecule has 1 saturated carbocycles. The number of hydrogen-bond acceptors (Lipinski definition) is 3. The lowest BCUT2D eigenvalue weighted by Gasteiger charge is -2.28. The fourth-order valence-electron chi connectivity index (χ4n) is 3.86. The van der Waals surface area contributed by atoms with E-state index in [4.69, 9.17) is 0 Å². The Kier molecular flexibility index (Phi) is 6.52. The summed E-state index contributed by atoms with van der Waals surface area (Å²) in [6.45, 7) is 4.41. The third-order valence-corrected chi connectivity index (χ3v) is 6.93. The molecule has 28 heavy (non-hydrogen) atoms. The monoisotopic (exact) mass is 400 g/mol. The molecule has 1 amide bonds. The van der Waals surface area contributed by atoms with E-state index in [0.717, 1.165) is 31.2 Å². The highest BCUT2D eigenvalue weighted by atomic mass is 32.2. The maximum Gasteiger partial charge on any atom is 0.254 e. The average Bonchev–Trinajstić information content (AvgIpc) is 3.23. The molecule has 0 saturated heterocycles. The van der Waals surface area contributed by atoms with E-state index in [1.807, 2.05) is 42.2 Å². The van der Waals surface area contributed by atoms with Crippen LogP contribution in [-0.4, -0.2) is 31.8 Å². The topological polar surface area (TPSA) is 66.5 Å². The Morgan fingerprint density at radius 2 is 1.79 bits per heavy atom. The van der Waals surface area contributed by atoms with E-state index in [1.54, 1.807) is 19.1 Å². The van der Waals surface area contributed by atoms with Gasteiger partial charge in [0.25, 0.3) is 5.91 Å². The summed E-state index contributed by atoms with van der Waals surface area (Å²) in [4.78, 5) is 15.0. The van der Waals surface area contributed by atoms with Crippen LogP contribution in [0.3, 0.4) is 0 Å². The van der Waals surface area contributed by atoms with Crippen molar-refractivity contribution in [2.75, 3.05) is 6.54 Å². The molecule has 3 rings (SSSR count). The number of rotatable bonds is 7. The highest BCUT2D eigenvalue weighted by Crippen LogP contribution is 2.25. The van der Waals surface area contributed by atoms with Gasteiger partial charge in [0.15, 0.2) is 0 Å². The smallest absolute Gasteiger partial charge is 0.254 e. The molecule has 0 spiro atoms. The van der Waals surface area contributed by atoms with E-state index in [-0.39, 0.29) is 22.9 Å². The number of nitrogens with one attached hydrogen (secondary N) is 1. The molecule has 0 heterocycles. The molecule has 6 heteroatoms. The molecule has 150 valence electrons. The number of carbonyl (C=O) groups is 1. The van der Waals surface area contributed by atoms with Crippen LogP contribution in [0.15, 0.2) is 59.5 Å². The Hall–Kier alpha value is -2.18. The highest BCUT2D eigenvalue weighted by molar-refractivity contribution is 7.89. The second-order valence-electron chi connectivity index (χ2n) is 7.31. The molecule has 2 aromatic rings. The Morgan fingerprint density at radius 1 is 1.11 bits per heavy atom. The van der Waals surface area contributed by atoms with Gasteiger partial charge < -0.3 is 4.90 Å². The normalized spacial score (nSPS) is 16.1. The quantitative estimate of drug-likeness (QED) is 0.760. The molecule has 1 N–H and O–H groups in total. The van der Waals surface area contributed by atoms with Crippen molar-refractivity contribution in [1.29, 1.82) is 0 Å². The van der Waals surface area contributed by atoms with Gasteiger partial charge in [-0.1, -0.05) is 49.2 Å². The minimum atomic E-state index is -3.74. The third-order valence-electron chi connectivity index (χ3n) is 5.39. The standard InChI is InChI=1S/C22H28N2O3S/c1-3-24(20-13-7-8-14-20)22(25)19-12-9-15-21(16-19)28(26,27)23-17(2)18-10-5-4-6-11-18/h4-6,9-12,15-17,20,23H,3,7-8,13-14H2,1-2H3. The van der Waals surface area contributed by atoms with Crippen LogP contribution in [0.5, 0.6) is 0 Å². The van der Waals surface area contributed by atoms with Crippen LogP contribution in [-0.2, 0) is 10.0 Å². The number of benzene rings is 2. The second kappa shape index (κ2) is 8.88. The van der Waals surface area contributed by atoms with Gasteiger partial charge in [-0.05, 0) is 50.5 Å². The van der Waals surface area contributed by atoms with E-state index in [9.17, 15) is 13.2 Å². The molecule has 0 radical (unpaired) electrons. The molecule has 1 aliphatic carbocycles. The van der Waals surface area contributed by atoms with Gasteiger partial charge in [-0.3, -0.25) is 4.79 Å². The third kappa shape index (κ3) is 4.62. The molecule has 0 aliphatic heterocycles. The lowest BCUT2D eigenvalue weighted by Crippen LogP contribution is -2.38. The van der Waals surface area contributed by atoms with Crippen molar-refractivity contribution in [2.24, 2.45) is 0 Å². The SMILES string of the molecule is CCN(C(=O)c1cccc(S(=O)(=O)NC(C)c2ccccc2)c1)C1CCCC1. The minimum Gasteiger partial charge on any atom is -0.336 e. The summed E-state index contributed by atoms with van der Waals surface area (Å²) in [5.41, 5.74) is 1.31. The first kappa shape index (κ1) is 20.6. The molecule has 1 fully saturated rings. The summed E-state index contributed by atoms with van der Waals surface area (Å²) in [5, 5.41) is 0. The van der Waals surface area contributed by atoms with Crippen molar-refractivity contribution in [3.8, 4) is 0 Å². The first-order valence-electron chi connectivity index (χ1n) is 9.90. The van der Waals surface area contributed by atoms with Crippen LogP contribution in [0.1, 0.15) is 61.5 Å². The van der Waals surface area contributed by atoms with Crippen molar-refractivity contribution < 1.29 is 13.2 Å². The molecule has 5 nitrogen and oxygen atoms in total. The van der Waals surface area contributed by atoms with Gasteiger partial charge in [-0.2, -0.15) is 0 Å². The summed E-state index contributed by atoms with van der Waals surface area (Å²) >= 11 is 0. The number of carbonyl (C=O) groups excluding carboxylic acids is 1. The molecule has 1 atom stereocenters. The lowest BCUT2D eigenvalue weighted by atomic mass is 10.1. The fourth-order valence-corrected chi connectivity index (χ4v) is 5.13. The maximum absolute atomic E-state index is 13.0. The summed E-state index contributed by atoms with van der Waals surface area (Å²) in [6, 6.07) is 15.7. The van der Waals surface area contributed by atoms with Crippen molar-refractivity contribution in [1.82, 2.24) is 9.62 Å². The van der Waals surface area contributed by atoms with E-state index in [2.05, 4.69) is 4.72 Å². The van der Waals surface area contributed by atoms with Crippen LogP contribution < -0.4 is 4.72 Å². The van der Waals surface area contributed by atoms with Gasteiger partial charge >= 0.3 is 0 Å². The Balaban J connectivity index is 1.80. The van der Waals surface area contributed by atoms with Crippen LogP contribution in [0.2, 0.25) is 0 Å². The Bertz CT molecular complexity index is 906. The Morgan fingerprint density at radius 3 is 2.43 bits per heavy atom. The van der Waals surface area contributed by atoms with Crippen LogP contribution >= 0.6 is 0 Å². The molecule has 1 aliphatic rings. The first-order valence-corrected chi connectivity index (χ1v) is 11.4. The van der Waals surface area contributed by atoms with E-state index in [1.165, 1.54) is 12.1 Å². The highest BCUT2D eigenvalue weighted by Gasteiger charge is 2.27. The molecular formula is C22H28N2O3S. The van der Waals surface area contributed by atoms with Gasteiger partial charge in [-0.25, -0.2) is 13.1 Å². The van der Waals surface area contributed by atoms with Crippen molar-refractivity contribution in [3.63, 3.8) is 0 Å². The van der Waals surface area contributed by atoms with Crippen LogP contribution in [0.25, 0.3) is 0 Å². The summed E-state index contributed by atoms with van der Waals surface area (Å²) in [5.74, 6) is -0.0949. The van der Waals surface area contributed by atoms with Gasteiger partial charge in [0.1, 0.15) is 0 Å². The molecule has 0 bridgehead atoms. The molecule has 2 aromatic carbocycles. The predicted molar refractivity (Wildman–Crippen MR) is 111 cm³/mol. The molecular weight excluding hydrogens is 372 g/mol. The van der Waals surface area contributed by atoms with E-state index in [0.29, 0.717) is 12.1 Å². The largest absolute Gasteiger partial charge is 0.336 e. The zero-order valence-electron chi connectivity index (χ0n) is 16.5. The fraction of sp³-hybridized carbons (Fsp3) is 0.409. The minimum absolute atomic E-state index is 0.0949. The Labute approximate surface area is 167 Å². The second-order valence-corrected chi connectivity index (χ2v) is 9.02. The van der Waals surface area contributed by atoms with E-state index >= 15 is 0 Å². The average molecular weight is 401 g/mol. The lowest BCUT2D eigenvalue weighted by molar-refractivity contribution is 0.0693. The van der Waals surface area contributed by atoms with Crippen LogP contribution in [0, 0.1) is 0 Å². The first-order chi connectivity index (χ1) is 13.4. The van der Waals surface area contributed by atoms with Gasteiger partial charge in [0, 0.05) is 24.2 Å². The zero-order valence-corrected chi connectivity index (χ0v) is 17.3. The van der Waals surface area contributed by atoms with Gasteiger partial charge in [0.05, 0.1) is 4.90 Å². The van der Waals surface area contributed by atoms with Crippen molar-refractivity contribution >= 4 is 15.9 Å². The predicted octanol–water partition coefficient (Wildman–Crippen LogP) is 4.13. The van der Waals surface area contributed by atoms with E-state index < -0.39 is 10.0 Å². The van der Waals surface area contributed by atoms with Crippen molar-refractivity contribution in [3.05, 3.63) is 65.7 Å². The molecule has 0 aromatic heterocycles.